The SMILES string of the molecule is O=C1[C@@H]2C[C@@H]3C(=CC[C@@H]4C(=O)N(c5cccc(B(O)O)c5)C(=O)[C@@H]43)[C@H](c3ccc4ccccc4c3O)[C@]2(c2ccc(Cl)cc2)C(=O)N1Nc1ccc(F)cc1. The van der Waals surface area contributed by atoms with Crippen molar-refractivity contribution in [1.82, 2.24) is 5.01 Å². The number of rotatable bonds is 6. The lowest BCUT2D eigenvalue weighted by atomic mass is 9.49. The highest BCUT2D eigenvalue weighted by Gasteiger charge is 2.70. The average Bonchev–Trinajstić information content (AvgIpc) is 3.57. The van der Waals surface area contributed by atoms with Gasteiger partial charge < -0.3 is 15.2 Å². The first-order valence-corrected chi connectivity index (χ1v) is 18.3. The van der Waals surface area contributed by atoms with Gasteiger partial charge in [-0.15, -0.1) is 0 Å². The van der Waals surface area contributed by atoms with Crippen LogP contribution in [-0.4, -0.2) is 50.9 Å². The second kappa shape index (κ2) is 12.9. The zero-order valence-electron chi connectivity index (χ0n) is 29.0. The number of benzene rings is 5. The number of imide groups is 2. The first-order valence-electron chi connectivity index (χ1n) is 17.9. The van der Waals surface area contributed by atoms with Crippen LogP contribution in [0, 0.1) is 29.5 Å². The van der Waals surface area contributed by atoms with Gasteiger partial charge in [0.15, 0.2) is 0 Å². The van der Waals surface area contributed by atoms with Gasteiger partial charge in [-0.1, -0.05) is 83.9 Å². The van der Waals surface area contributed by atoms with E-state index in [1.54, 1.807) is 48.5 Å². The molecule has 1 saturated carbocycles. The van der Waals surface area contributed by atoms with Crippen LogP contribution in [0.2, 0.25) is 5.02 Å². The molecule has 0 aromatic heterocycles. The quantitative estimate of drug-likeness (QED) is 0.105. The van der Waals surface area contributed by atoms with Crippen LogP contribution in [0.1, 0.15) is 29.9 Å². The Morgan fingerprint density at radius 2 is 1.56 bits per heavy atom. The van der Waals surface area contributed by atoms with Crippen molar-refractivity contribution < 1.29 is 38.7 Å². The molecule has 55 heavy (non-hydrogen) atoms. The van der Waals surface area contributed by atoms with Crippen molar-refractivity contribution in [2.45, 2.75) is 24.2 Å². The molecule has 2 heterocycles. The van der Waals surface area contributed by atoms with Crippen molar-refractivity contribution in [3.8, 4) is 5.75 Å². The lowest BCUT2D eigenvalue weighted by Crippen LogP contribution is -2.53. The summed E-state index contributed by atoms with van der Waals surface area (Å²) in [7, 11) is -1.82. The number of aromatic hydroxyl groups is 1. The predicted octanol–water partition coefficient (Wildman–Crippen LogP) is 5.21. The second-order valence-corrected chi connectivity index (χ2v) is 15.0. The van der Waals surface area contributed by atoms with E-state index in [0.717, 1.165) is 15.3 Å². The molecule has 0 unspecified atom stereocenters. The van der Waals surface area contributed by atoms with E-state index >= 15 is 4.79 Å². The number of hydrogen-bond acceptors (Lipinski definition) is 8. The highest BCUT2D eigenvalue weighted by atomic mass is 35.5. The van der Waals surface area contributed by atoms with E-state index in [9.17, 15) is 33.9 Å². The summed E-state index contributed by atoms with van der Waals surface area (Å²) in [4.78, 5) is 60.1. The Labute approximate surface area is 319 Å². The number of halogens is 2. The summed E-state index contributed by atoms with van der Waals surface area (Å²) in [6, 6.07) is 28.7. The number of nitrogens with one attached hydrogen (secondary N) is 1. The van der Waals surface area contributed by atoms with Gasteiger partial charge in [0.05, 0.1) is 34.5 Å². The van der Waals surface area contributed by atoms with E-state index < -0.39 is 71.6 Å². The van der Waals surface area contributed by atoms with E-state index in [4.69, 9.17) is 11.6 Å². The largest absolute Gasteiger partial charge is 0.507 e. The summed E-state index contributed by atoms with van der Waals surface area (Å²) in [5, 5.41) is 34.5. The van der Waals surface area contributed by atoms with Crippen molar-refractivity contribution in [1.29, 1.82) is 0 Å². The number of phenols is 1. The Morgan fingerprint density at radius 3 is 2.31 bits per heavy atom. The van der Waals surface area contributed by atoms with Crippen LogP contribution in [0.25, 0.3) is 10.8 Å². The Kier molecular flexibility index (Phi) is 8.19. The molecule has 10 nitrogen and oxygen atoms in total. The van der Waals surface area contributed by atoms with Gasteiger partial charge in [-0.3, -0.25) is 29.5 Å². The molecule has 0 spiro atoms. The fourth-order valence-electron chi connectivity index (χ4n) is 9.58. The van der Waals surface area contributed by atoms with Crippen LogP contribution in [0.5, 0.6) is 5.75 Å². The minimum absolute atomic E-state index is 0.00882. The molecule has 274 valence electrons. The molecule has 2 aliphatic heterocycles. The maximum absolute atomic E-state index is 15.4. The van der Waals surface area contributed by atoms with Crippen molar-refractivity contribution in [2.24, 2.45) is 23.7 Å². The van der Waals surface area contributed by atoms with E-state index in [1.165, 1.54) is 42.5 Å². The summed E-state index contributed by atoms with van der Waals surface area (Å²) in [6.07, 6.45) is 2.04. The molecule has 4 amide bonds. The topological polar surface area (TPSA) is 147 Å². The molecule has 4 N–H and O–H groups in total. The van der Waals surface area contributed by atoms with Crippen molar-refractivity contribution in [2.75, 3.05) is 10.3 Å². The lowest BCUT2D eigenvalue weighted by Gasteiger charge is -2.50. The van der Waals surface area contributed by atoms with E-state index in [2.05, 4.69) is 5.43 Å². The summed E-state index contributed by atoms with van der Waals surface area (Å²) in [5.74, 6) is -7.27. The van der Waals surface area contributed by atoms with Crippen molar-refractivity contribution in [3.05, 3.63) is 143 Å². The normalized spacial score (nSPS) is 25.8. The lowest BCUT2D eigenvalue weighted by molar-refractivity contribution is -0.138. The molecule has 5 aromatic carbocycles. The van der Waals surface area contributed by atoms with Crippen LogP contribution < -0.4 is 15.8 Å². The average molecular weight is 756 g/mol. The van der Waals surface area contributed by atoms with Gasteiger partial charge in [0.1, 0.15) is 11.6 Å². The first-order chi connectivity index (χ1) is 26.5. The third kappa shape index (κ3) is 5.16. The molecule has 3 fully saturated rings. The Bertz CT molecular complexity index is 2480. The molecule has 6 atom stereocenters. The molecular weight excluding hydrogens is 724 g/mol. The second-order valence-electron chi connectivity index (χ2n) is 14.6. The zero-order chi connectivity index (χ0) is 38.3. The molecule has 2 saturated heterocycles. The minimum atomic E-state index is -1.82. The number of hydrazine groups is 1. The highest BCUT2D eigenvalue weighted by Crippen LogP contribution is 2.65. The van der Waals surface area contributed by atoms with Crippen LogP contribution in [-0.2, 0) is 24.6 Å². The van der Waals surface area contributed by atoms with Gasteiger partial charge in [-0.05, 0) is 83.7 Å². The number of amides is 4. The summed E-state index contributed by atoms with van der Waals surface area (Å²) in [6.45, 7) is 0. The maximum atomic E-state index is 15.4. The fraction of sp³-hybridized carbons (Fsp3) is 0.190. The van der Waals surface area contributed by atoms with E-state index in [0.29, 0.717) is 27.1 Å². The maximum Gasteiger partial charge on any atom is 0.488 e. The predicted molar refractivity (Wildman–Crippen MR) is 203 cm³/mol. The number of anilines is 2. The Balaban J connectivity index is 1.26. The number of carbonyl (C=O) groups excluding carboxylic acids is 4. The van der Waals surface area contributed by atoms with Crippen LogP contribution in [0.4, 0.5) is 15.8 Å². The van der Waals surface area contributed by atoms with Crippen LogP contribution in [0.3, 0.4) is 0 Å². The zero-order valence-corrected chi connectivity index (χ0v) is 29.7. The summed E-state index contributed by atoms with van der Waals surface area (Å²) < 4.78 is 13.9. The van der Waals surface area contributed by atoms with Gasteiger partial charge in [-0.25, -0.2) is 4.39 Å². The minimum Gasteiger partial charge on any atom is -0.507 e. The standard InChI is InChI=1S/C42H32BClFN3O7/c44-25-11-9-23(10-12-25)42-34(39(51)48(41(42)53)46-27-15-13-26(45)14-16-27)21-33-30(36(42)32-17-8-22-4-1-2-7-29(22)37(32)49)18-19-31-35(33)40(52)47(38(31)50)28-6-3-5-24(20-28)43(54)55/h1-18,20,31,33-36,46,49,54-55H,19,21H2/t31-,33+,34-,35-,36+,42+/m0/s1. The van der Waals surface area contributed by atoms with Crippen molar-refractivity contribution in [3.63, 3.8) is 0 Å². The monoisotopic (exact) mass is 755 g/mol. The number of hydrogen-bond donors (Lipinski definition) is 4. The number of carbonyl (C=O) groups is 4. The fourth-order valence-corrected chi connectivity index (χ4v) is 9.71. The third-order valence-electron chi connectivity index (χ3n) is 11.9. The smallest absolute Gasteiger partial charge is 0.488 e. The number of phenolic OH excluding ortho intramolecular Hbond substituents is 1. The van der Waals surface area contributed by atoms with Crippen LogP contribution in [0.15, 0.2) is 121 Å². The van der Waals surface area contributed by atoms with E-state index in [1.807, 2.05) is 24.3 Å². The number of fused-ring (bicyclic) bond motifs is 5. The molecule has 0 bridgehead atoms. The summed E-state index contributed by atoms with van der Waals surface area (Å²) >= 11 is 6.38. The van der Waals surface area contributed by atoms with Gasteiger partial charge in [0, 0.05) is 21.9 Å². The van der Waals surface area contributed by atoms with Gasteiger partial charge in [-0.2, -0.15) is 5.01 Å². The first kappa shape index (κ1) is 34.9. The van der Waals surface area contributed by atoms with Crippen LogP contribution >= 0.6 is 11.6 Å². The van der Waals surface area contributed by atoms with Gasteiger partial charge in [0.2, 0.25) is 11.8 Å². The highest BCUT2D eigenvalue weighted by molar-refractivity contribution is 6.58. The Morgan fingerprint density at radius 1 is 0.818 bits per heavy atom. The molecule has 13 heteroatoms. The molecule has 2 aliphatic carbocycles. The molecular formula is C42H32BClFN3O7. The summed E-state index contributed by atoms with van der Waals surface area (Å²) in [5.41, 5.74) is 3.32. The molecule has 5 aromatic rings. The molecule has 9 rings (SSSR count). The molecule has 0 radical (unpaired) electrons. The van der Waals surface area contributed by atoms with Gasteiger partial charge in [0.25, 0.3) is 11.8 Å². The third-order valence-corrected chi connectivity index (χ3v) is 12.2. The number of nitrogens with zero attached hydrogens (tertiary/aromatic N) is 2. The van der Waals surface area contributed by atoms with Crippen molar-refractivity contribution >= 4 is 70.0 Å². The molecule has 4 aliphatic rings. The van der Waals surface area contributed by atoms with E-state index in [-0.39, 0.29) is 35.4 Å². The number of allylic oxidation sites excluding steroid dienone is 2. The Hall–Kier alpha value is -5.82. The van der Waals surface area contributed by atoms with Gasteiger partial charge >= 0.3 is 7.12 Å².